The van der Waals surface area contributed by atoms with Crippen LogP contribution >= 0.6 is 15.9 Å². The third-order valence-corrected chi connectivity index (χ3v) is 3.73. The van der Waals surface area contributed by atoms with Gasteiger partial charge in [-0.25, -0.2) is 0 Å². The van der Waals surface area contributed by atoms with Gasteiger partial charge in [0.1, 0.15) is 0 Å². The van der Waals surface area contributed by atoms with Gasteiger partial charge in [0.25, 0.3) is 5.91 Å². The van der Waals surface area contributed by atoms with E-state index >= 15 is 0 Å². The molecule has 2 N–H and O–H groups in total. The molecular weight excluding hydrogens is 356 g/mol. The Bertz CT molecular complexity index is 643. The summed E-state index contributed by atoms with van der Waals surface area (Å²) >= 11 is 3.40. The van der Waals surface area contributed by atoms with Crippen LogP contribution in [0.15, 0.2) is 47.2 Å². The number of aromatic nitrogens is 1. The number of amides is 1. The lowest BCUT2D eigenvalue weighted by Crippen LogP contribution is -2.27. The van der Waals surface area contributed by atoms with Gasteiger partial charge in [-0.15, -0.1) is 0 Å². The first-order valence-electron chi connectivity index (χ1n) is 7.45. The summed E-state index contributed by atoms with van der Waals surface area (Å²) in [5.41, 5.74) is 2.28. The molecule has 0 aliphatic carbocycles. The van der Waals surface area contributed by atoms with E-state index in [0.29, 0.717) is 12.1 Å². The summed E-state index contributed by atoms with van der Waals surface area (Å²) in [4.78, 5) is 18.4. The minimum atomic E-state index is -0.101. The standard InChI is InChI=1S/C17H21BrN4O/c1-22(2)9-3-8-20-17(23)13-10-16(12-19-11-13)21-15-6-4-14(18)5-7-15/h4-7,10-12,21H,3,8-9H2,1-2H3,(H,20,23). The molecule has 1 amide bonds. The quantitative estimate of drug-likeness (QED) is 0.728. The molecule has 5 nitrogen and oxygen atoms in total. The van der Waals surface area contributed by atoms with Crippen molar-refractivity contribution in [1.29, 1.82) is 0 Å². The molecule has 122 valence electrons. The fourth-order valence-electron chi connectivity index (χ4n) is 2.03. The summed E-state index contributed by atoms with van der Waals surface area (Å²) in [6, 6.07) is 9.63. The summed E-state index contributed by atoms with van der Waals surface area (Å²) in [7, 11) is 4.03. The molecule has 2 aromatic rings. The van der Waals surface area contributed by atoms with E-state index in [1.165, 1.54) is 0 Å². The first-order valence-corrected chi connectivity index (χ1v) is 8.24. The zero-order chi connectivity index (χ0) is 16.7. The molecule has 0 saturated heterocycles. The highest BCUT2D eigenvalue weighted by Gasteiger charge is 2.06. The van der Waals surface area contributed by atoms with Crippen molar-refractivity contribution < 1.29 is 4.79 Å². The monoisotopic (exact) mass is 376 g/mol. The van der Waals surface area contributed by atoms with Gasteiger partial charge in [0.15, 0.2) is 0 Å². The molecule has 1 aromatic carbocycles. The highest BCUT2D eigenvalue weighted by atomic mass is 79.9. The average molecular weight is 377 g/mol. The van der Waals surface area contributed by atoms with Crippen LogP contribution in [0.2, 0.25) is 0 Å². The molecule has 0 spiro atoms. The van der Waals surface area contributed by atoms with Crippen LogP contribution in [-0.2, 0) is 0 Å². The van der Waals surface area contributed by atoms with Gasteiger partial charge in [-0.2, -0.15) is 0 Å². The second-order valence-electron chi connectivity index (χ2n) is 5.51. The summed E-state index contributed by atoms with van der Waals surface area (Å²) in [5, 5.41) is 6.15. The first-order chi connectivity index (χ1) is 11.0. The van der Waals surface area contributed by atoms with Crippen molar-refractivity contribution in [3.63, 3.8) is 0 Å². The normalized spacial score (nSPS) is 10.6. The minimum absolute atomic E-state index is 0.101. The Morgan fingerprint density at radius 1 is 1.17 bits per heavy atom. The number of carbonyl (C=O) groups excluding carboxylic acids is 1. The van der Waals surface area contributed by atoms with Crippen molar-refractivity contribution in [2.75, 3.05) is 32.5 Å². The van der Waals surface area contributed by atoms with E-state index in [1.54, 1.807) is 18.5 Å². The van der Waals surface area contributed by atoms with Gasteiger partial charge in [-0.1, -0.05) is 15.9 Å². The van der Waals surface area contributed by atoms with Gasteiger partial charge in [-0.3, -0.25) is 9.78 Å². The Hall–Kier alpha value is -1.92. The molecule has 1 heterocycles. The second-order valence-corrected chi connectivity index (χ2v) is 6.42. The van der Waals surface area contributed by atoms with Crippen LogP contribution in [0.25, 0.3) is 0 Å². The number of halogens is 1. The highest BCUT2D eigenvalue weighted by molar-refractivity contribution is 9.10. The fraction of sp³-hybridized carbons (Fsp3) is 0.294. The minimum Gasteiger partial charge on any atom is -0.354 e. The van der Waals surface area contributed by atoms with Gasteiger partial charge < -0.3 is 15.5 Å². The number of hydrogen-bond acceptors (Lipinski definition) is 4. The molecule has 23 heavy (non-hydrogen) atoms. The van der Waals surface area contributed by atoms with Crippen LogP contribution in [0.3, 0.4) is 0 Å². The van der Waals surface area contributed by atoms with E-state index in [-0.39, 0.29) is 5.91 Å². The number of rotatable bonds is 7. The number of anilines is 2. The SMILES string of the molecule is CN(C)CCCNC(=O)c1cncc(Nc2ccc(Br)cc2)c1. The molecule has 0 atom stereocenters. The number of carbonyl (C=O) groups is 1. The lowest BCUT2D eigenvalue weighted by Gasteiger charge is -2.11. The molecule has 0 saturated carbocycles. The number of pyridine rings is 1. The van der Waals surface area contributed by atoms with Crippen LogP contribution in [0, 0.1) is 0 Å². The molecule has 0 unspecified atom stereocenters. The van der Waals surface area contributed by atoms with Gasteiger partial charge in [0.2, 0.25) is 0 Å². The van der Waals surface area contributed by atoms with Crippen molar-refractivity contribution in [3.8, 4) is 0 Å². The van der Waals surface area contributed by atoms with Crippen molar-refractivity contribution in [2.24, 2.45) is 0 Å². The second kappa shape index (κ2) is 8.64. The Kier molecular flexibility index (Phi) is 6.55. The van der Waals surface area contributed by atoms with E-state index in [4.69, 9.17) is 0 Å². The van der Waals surface area contributed by atoms with Crippen molar-refractivity contribution in [3.05, 3.63) is 52.8 Å². The molecule has 0 bridgehead atoms. The zero-order valence-corrected chi connectivity index (χ0v) is 14.9. The Labute approximate surface area is 145 Å². The number of nitrogens with zero attached hydrogens (tertiary/aromatic N) is 2. The molecule has 1 aromatic heterocycles. The predicted octanol–water partition coefficient (Wildman–Crippen LogP) is 3.27. The van der Waals surface area contributed by atoms with Crippen molar-refractivity contribution >= 4 is 33.2 Å². The summed E-state index contributed by atoms with van der Waals surface area (Å²) in [6.07, 6.45) is 4.20. The molecule has 0 aliphatic rings. The topological polar surface area (TPSA) is 57.3 Å². The van der Waals surface area contributed by atoms with Crippen LogP contribution in [0.5, 0.6) is 0 Å². The Morgan fingerprint density at radius 3 is 2.61 bits per heavy atom. The lowest BCUT2D eigenvalue weighted by atomic mass is 10.2. The molecule has 0 radical (unpaired) electrons. The zero-order valence-electron chi connectivity index (χ0n) is 13.3. The van der Waals surface area contributed by atoms with Crippen LogP contribution < -0.4 is 10.6 Å². The van der Waals surface area contributed by atoms with Gasteiger partial charge in [-0.05, 0) is 57.4 Å². The smallest absolute Gasteiger partial charge is 0.252 e. The fourth-order valence-corrected chi connectivity index (χ4v) is 2.30. The lowest BCUT2D eigenvalue weighted by molar-refractivity contribution is 0.0952. The molecule has 0 aliphatic heterocycles. The van der Waals surface area contributed by atoms with Crippen LogP contribution in [0.1, 0.15) is 16.8 Å². The number of benzene rings is 1. The van der Waals surface area contributed by atoms with Crippen LogP contribution in [0.4, 0.5) is 11.4 Å². The third kappa shape index (κ3) is 6.00. The van der Waals surface area contributed by atoms with Crippen molar-refractivity contribution in [1.82, 2.24) is 15.2 Å². The molecule has 0 fully saturated rings. The van der Waals surface area contributed by atoms with Gasteiger partial charge >= 0.3 is 0 Å². The third-order valence-electron chi connectivity index (χ3n) is 3.20. The maximum absolute atomic E-state index is 12.1. The maximum atomic E-state index is 12.1. The molecule has 6 heteroatoms. The van der Waals surface area contributed by atoms with E-state index in [1.807, 2.05) is 38.4 Å². The number of hydrogen-bond donors (Lipinski definition) is 2. The predicted molar refractivity (Wildman–Crippen MR) is 97.2 cm³/mol. The molecular formula is C17H21BrN4O. The first kappa shape index (κ1) is 17.4. The average Bonchev–Trinajstić information content (AvgIpc) is 2.54. The number of nitrogens with one attached hydrogen (secondary N) is 2. The summed E-state index contributed by atoms with van der Waals surface area (Å²) in [5.74, 6) is -0.101. The largest absolute Gasteiger partial charge is 0.354 e. The van der Waals surface area contributed by atoms with Gasteiger partial charge in [0, 0.05) is 22.9 Å². The van der Waals surface area contributed by atoms with E-state index in [9.17, 15) is 4.79 Å². The molecule has 2 rings (SSSR count). The summed E-state index contributed by atoms with van der Waals surface area (Å²) in [6.45, 7) is 1.60. The summed E-state index contributed by atoms with van der Waals surface area (Å²) < 4.78 is 1.02. The van der Waals surface area contributed by atoms with Crippen molar-refractivity contribution in [2.45, 2.75) is 6.42 Å². The van der Waals surface area contributed by atoms with Crippen LogP contribution in [-0.4, -0.2) is 43.0 Å². The Balaban J connectivity index is 1.93. The maximum Gasteiger partial charge on any atom is 0.252 e. The van der Waals surface area contributed by atoms with Gasteiger partial charge in [0.05, 0.1) is 17.4 Å². The van der Waals surface area contributed by atoms with E-state index < -0.39 is 0 Å². The Morgan fingerprint density at radius 2 is 1.91 bits per heavy atom. The van der Waals surface area contributed by atoms with E-state index in [0.717, 1.165) is 28.8 Å². The van der Waals surface area contributed by atoms with E-state index in [2.05, 4.69) is 36.4 Å². The highest BCUT2D eigenvalue weighted by Crippen LogP contribution is 2.19.